The summed E-state index contributed by atoms with van der Waals surface area (Å²) < 4.78 is 11.7. The van der Waals surface area contributed by atoms with Crippen molar-refractivity contribution in [3.8, 4) is 5.75 Å². The Morgan fingerprint density at radius 3 is 2.59 bits per heavy atom. The van der Waals surface area contributed by atoms with E-state index in [1.165, 1.54) is 24.0 Å². The van der Waals surface area contributed by atoms with E-state index in [0.29, 0.717) is 5.75 Å². The lowest BCUT2D eigenvalue weighted by Crippen LogP contribution is -2.21. The van der Waals surface area contributed by atoms with Gasteiger partial charge in [0.2, 0.25) is 0 Å². The highest BCUT2D eigenvalue weighted by Gasteiger charge is 2.18. The molecule has 0 radical (unpaired) electrons. The van der Waals surface area contributed by atoms with E-state index in [1.54, 1.807) is 0 Å². The van der Waals surface area contributed by atoms with Crippen LogP contribution >= 0.6 is 0 Å². The lowest BCUT2D eigenvalue weighted by Gasteiger charge is -2.13. The molecule has 1 aromatic heterocycles. The Labute approximate surface area is 159 Å². The van der Waals surface area contributed by atoms with Crippen molar-refractivity contribution < 1.29 is 13.9 Å². The molecule has 1 aliphatic carbocycles. The number of rotatable bonds is 4. The molecule has 1 amide bonds. The summed E-state index contributed by atoms with van der Waals surface area (Å²) in [6.07, 6.45) is 4.45. The monoisotopic (exact) mass is 363 g/mol. The second-order valence-corrected chi connectivity index (χ2v) is 7.48. The number of carbonyl (C=O) groups is 1. The van der Waals surface area contributed by atoms with E-state index in [2.05, 4.69) is 24.4 Å². The van der Waals surface area contributed by atoms with Gasteiger partial charge in [-0.15, -0.1) is 0 Å². The molecule has 4 rings (SSSR count). The number of benzene rings is 2. The number of hydrogen-bond donors (Lipinski definition) is 1. The number of anilines is 1. The van der Waals surface area contributed by atoms with E-state index in [-0.39, 0.29) is 12.5 Å². The van der Waals surface area contributed by atoms with Gasteiger partial charge in [0.15, 0.2) is 6.61 Å². The lowest BCUT2D eigenvalue weighted by molar-refractivity contribution is -0.118. The minimum Gasteiger partial charge on any atom is -0.484 e. The van der Waals surface area contributed by atoms with Crippen LogP contribution in [0.2, 0.25) is 0 Å². The summed E-state index contributed by atoms with van der Waals surface area (Å²) in [5.41, 5.74) is 6.39. The van der Waals surface area contributed by atoms with E-state index in [1.807, 2.05) is 32.0 Å². The molecule has 0 atom stereocenters. The molecule has 4 heteroatoms. The fraction of sp³-hybridized carbons (Fsp3) is 0.348. The van der Waals surface area contributed by atoms with E-state index < -0.39 is 0 Å². The van der Waals surface area contributed by atoms with Crippen molar-refractivity contribution in [2.75, 3.05) is 11.9 Å². The first-order valence-electron chi connectivity index (χ1n) is 9.56. The molecule has 2 aromatic carbocycles. The molecule has 0 bridgehead atoms. The van der Waals surface area contributed by atoms with Gasteiger partial charge < -0.3 is 14.5 Å². The van der Waals surface area contributed by atoms with Crippen LogP contribution in [0.4, 0.5) is 5.69 Å². The minimum absolute atomic E-state index is 0.0156. The summed E-state index contributed by atoms with van der Waals surface area (Å²) in [5.74, 6) is 1.65. The first-order chi connectivity index (χ1) is 13.0. The van der Waals surface area contributed by atoms with Gasteiger partial charge in [-0.3, -0.25) is 4.79 Å². The van der Waals surface area contributed by atoms with E-state index in [4.69, 9.17) is 9.15 Å². The molecule has 0 saturated heterocycles. The highest BCUT2D eigenvalue weighted by molar-refractivity contribution is 5.93. The molecule has 0 aliphatic heterocycles. The molecule has 4 nitrogen and oxygen atoms in total. The van der Waals surface area contributed by atoms with Gasteiger partial charge in [-0.25, -0.2) is 0 Å². The Morgan fingerprint density at radius 1 is 1.07 bits per heavy atom. The highest BCUT2D eigenvalue weighted by Crippen LogP contribution is 2.34. The van der Waals surface area contributed by atoms with Gasteiger partial charge in [-0.05, 0) is 69.4 Å². The van der Waals surface area contributed by atoms with Crippen LogP contribution in [0.1, 0.15) is 40.9 Å². The maximum atomic E-state index is 12.4. The molecule has 0 spiro atoms. The van der Waals surface area contributed by atoms with Gasteiger partial charge in [0.1, 0.15) is 17.1 Å². The molecular formula is C23H25NO3. The maximum Gasteiger partial charge on any atom is 0.262 e. The minimum atomic E-state index is -0.153. The van der Waals surface area contributed by atoms with Crippen LogP contribution in [0.25, 0.3) is 11.0 Å². The zero-order chi connectivity index (χ0) is 19.0. The molecule has 3 aromatic rings. The zero-order valence-corrected chi connectivity index (χ0v) is 16.1. The molecule has 1 heterocycles. The van der Waals surface area contributed by atoms with Crippen molar-refractivity contribution in [2.24, 2.45) is 0 Å². The SMILES string of the molecule is Cc1cc(C)c(NC(=O)COc2ccc3oc4c(c3c2)CCCC4)c(C)c1. The van der Waals surface area contributed by atoms with Gasteiger partial charge in [0.05, 0.1) is 0 Å². The first-order valence-corrected chi connectivity index (χ1v) is 9.56. The Kier molecular flexibility index (Phi) is 4.65. The molecule has 0 fully saturated rings. The van der Waals surface area contributed by atoms with Crippen molar-refractivity contribution in [2.45, 2.75) is 46.5 Å². The molecular weight excluding hydrogens is 338 g/mol. The summed E-state index contributed by atoms with van der Waals surface area (Å²) in [7, 11) is 0. The number of carbonyl (C=O) groups excluding carboxylic acids is 1. The van der Waals surface area contributed by atoms with Gasteiger partial charge >= 0.3 is 0 Å². The number of nitrogens with one attached hydrogen (secondary N) is 1. The number of ether oxygens (including phenoxy) is 1. The van der Waals surface area contributed by atoms with Crippen LogP contribution in [-0.2, 0) is 17.6 Å². The second-order valence-electron chi connectivity index (χ2n) is 7.48. The Morgan fingerprint density at radius 2 is 1.81 bits per heavy atom. The molecule has 140 valence electrons. The topological polar surface area (TPSA) is 51.5 Å². The van der Waals surface area contributed by atoms with Crippen molar-refractivity contribution in [3.05, 3.63) is 58.3 Å². The smallest absolute Gasteiger partial charge is 0.262 e. The van der Waals surface area contributed by atoms with Crippen LogP contribution in [0.5, 0.6) is 5.75 Å². The van der Waals surface area contributed by atoms with E-state index in [0.717, 1.165) is 46.4 Å². The number of fused-ring (bicyclic) bond motifs is 3. The maximum absolute atomic E-state index is 12.4. The normalized spacial score (nSPS) is 13.4. The number of hydrogen-bond acceptors (Lipinski definition) is 3. The van der Waals surface area contributed by atoms with E-state index in [9.17, 15) is 4.79 Å². The van der Waals surface area contributed by atoms with Crippen LogP contribution in [0, 0.1) is 20.8 Å². The Hall–Kier alpha value is -2.75. The second kappa shape index (κ2) is 7.10. The summed E-state index contributed by atoms with van der Waals surface area (Å²) in [6.45, 7) is 6.05. The van der Waals surface area contributed by atoms with Crippen molar-refractivity contribution in [1.29, 1.82) is 0 Å². The number of amides is 1. The van der Waals surface area contributed by atoms with Crippen LogP contribution in [0.15, 0.2) is 34.7 Å². The summed E-state index contributed by atoms with van der Waals surface area (Å²) in [5, 5.41) is 4.09. The van der Waals surface area contributed by atoms with E-state index >= 15 is 0 Å². The molecule has 1 aliphatic rings. The highest BCUT2D eigenvalue weighted by atomic mass is 16.5. The molecule has 0 saturated carbocycles. The standard InChI is InChI=1S/C23H25NO3/c1-14-10-15(2)23(16(3)11-14)24-22(25)13-26-17-8-9-21-19(12-17)18-6-4-5-7-20(18)27-21/h8-12H,4-7,13H2,1-3H3,(H,24,25). The zero-order valence-electron chi connectivity index (χ0n) is 16.1. The summed E-state index contributed by atoms with van der Waals surface area (Å²) >= 11 is 0. The average Bonchev–Trinajstić information content (AvgIpc) is 3.01. The van der Waals surface area contributed by atoms with Crippen molar-refractivity contribution >= 4 is 22.6 Å². The van der Waals surface area contributed by atoms with Crippen molar-refractivity contribution in [3.63, 3.8) is 0 Å². The third-order valence-corrected chi connectivity index (χ3v) is 5.24. The number of furan rings is 1. The molecule has 1 N–H and O–H groups in total. The van der Waals surface area contributed by atoms with Crippen LogP contribution < -0.4 is 10.1 Å². The Balaban J connectivity index is 1.46. The van der Waals surface area contributed by atoms with Gasteiger partial charge in [-0.1, -0.05) is 17.7 Å². The van der Waals surface area contributed by atoms with Gasteiger partial charge in [-0.2, -0.15) is 0 Å². The fourth-order valence-corrected chi connectivity index (χ4v) is 4.03. The van der Waals surface area contributed by atoms with Crippen LogP contribution in [0.3, 0.4) is 0 Å². The third-order valence-electron chi connectivity index (χ3n) is 5.24. The predicted molar refractivity (Wildman–Crippen MR) is 108 cm³/mol. The van der Waals surface area contributed by atoms with Crippen molar-refractivity contribution in [1.82, 2.24) is 0 Å². The number of aryl methyl sites for hydroxylation is 5. The Bertz CT molecular complexity index is 993. The third kappa shape index (κ3) is 3.57. The predicted octanol–water partition coefficient (Wildman–Crippen LogP) is 5.25. The molecule has 27 heavy (non-hydrogen) atoms. The quantitative estimate of drug-likeness (QED) is 0.688. The average molecular weight is 363 g/mol. The summed E-state index contributed by atoms with van der Waals surface area (Å²) in [6, 6.07) is 9.94. The fourth-order valence-electron chi connectivity index (χ4n) is 4.03. The van der Waals surface area contributed by atoms with Crippen LogP contribution in [-0.4, -0.2) is 12.5 Å². The molecule has 0 unspecified atom stereocenters. The van der Waals surface area contributed by atoms with Gasteiger partial charge in [0.25, 0.3) is 5.91 Å². The van der Waals surface area contributed by atoms with Gasteiger partial charge in [0, 0.05) is 23.1 Å². The summed E-state index contributed by atoms with van der Waals surface area (Å²) in [4.78, 5) is 12.4. The lowest BCUT2D eigenvalue weighted by atomic mass is 9.96. The largest absolute Gasteiger partial charge is 0.484 e. The first kappa shape index (κ1) is 17.7.